The van der Waals surface area contributed by atoms with E-state index in [1.165, 1.54) is 31.9 Å². The van der Waals surface area contributed by atoms with Crippen LogP contribution in [0.2, 0.25) is 0 Å². The molecule has 7 heteroatoms. The fraction of sp³-hybridized carbons (Fsp3) is 0.941. The van der Waals surface area contributed by atoms with Crippen LogP contribution in [0, 0.1) is 0 Å². The van der Waals surface area contributed by atoms with Gasteiger partial charge in [0.1, 0.15) is 9.84 Å². The number of sulfone groups is 1. The molecular weight excluding hydrogens is 324 g/mol. The van der Waals surface area contributed by atoms with Crippen LogP contribution in [0.15, 0.2) is 4.99 Å². The molecule has 0 aliphatic heterocycles. The molecule has 0 rings (SSSR count). The quantitative estimate of drug-likeness (QED) is 0.297. The zero-order chi connectivity index (χ0) is 18.4. The summed E-state index contributed by atoms with van der Waals surface area (Å²) < 4.78 is 22.5. The van der Waals surface area contributed by atoms with Crippen LogP contribution >= 0.6 is 0 Å². The first-order valence-corrected chi connectivity index (χ1v) is 11.2. The first kappa shape index (κ1) is 23.2. The van der Waals surface area contributed by atoms with Gasteiger partial charge in [-0.15, -0.1) is 0 Å². The van der Waals surface area contributed by atoms with Gasteiger partial charge in [0, 0.05) is 25.4 Å². The van der Waals surface area contributed by atoms with Crippen LogP contribution < -0.4 is 10.6 Å². The minimum Gasteiger partial charge on any atom is -0.357 e. The number of aliphatic imine (C=N–C) groups is 1. The van der Waals surface area contributed by atoms with Crippen LogP contribution in [0.25, 0.3) is 0 Å². The molecule has 0 saturated carbocycles. The summed E-state index contributed by atoms with van der Waals surface area (Å²) in [6.45, 7) is 6.79. The Hall–Kier alpha value is -0.820. The molecule has 0 aromatic carbocycles. The molecule has 0 radical (unpaired) electrons. The molecule has 6 nitrogen and oxygen atoms in total. The van der Waals surface area contributed by atoms with Crippen molar-refractivity contribution in [2.75, 3.05) is 45.7 Å². The number of hydrogen-bond donors (Lipinski definition) is 2. The van der Waals surface area contributed by atoms with E-state index in [0.29, 0.717) is 6.42 Å². The van der Waals surface area contributed by atoms with Crippen LogP contribution in [0.1, 0.15) is 52.4 Å². The molecule has 24 heavy (non-hydrogen) atoms. The lowest BCUT2D eigenvalue weighted by Crippen LogP contribution is -2.42. The zero-order valence-corrected chi connectivity index (χ0v) is 17.1. The van der Waals surface area contributed by atoms with Gasteiger partial charge in [-0.25, -0.2) is 8.42 Å². The standard InChI is InChI=1S/C17H38N4O2S/c1-6-18-17(20-16(2)12-15-24(5,22)23)19-13-10-8-7-9-11-14-21(3)4/h16H,6-15H2,1-5H3,(H2,18,19,20). The minimum atomic E-state index is -2.91. The predicted octanol–water partition coefficient (Wildman–Crippen LogP) is 1.88. The van der Waals surface area contributed by atoms with Gasteiger partial charge >= 0.3 is 0 Å². The highest BCUT2D eigenvalue weighted by Gasteiger charge is 2.09. The SMILES string of the molecule is CCNC(=NCCCCCCCN(C)C)NC(C)CCS(C)(=O)=O. The summed E-state index contributed by atoms with van der Waals surface area (Å²) >= 11 is 0. The number of hydrogen-bond acceptors (Lipinski definition) is 4. The van der Waals surface area contributed by atoms with Crippen LogP contribution in [0.3, 0.4) is 0 Å². The lowest BCUT2D eigenvalue weighted by Gasteiger charge is -2.17. The highest BCUT2D eigenvalue weighted by atomic mass is 32.2. The highest BCUT2D eigenvalue weighted by molar-refractivity contribution is 7.90. The largest absolute Gasteiger partial charge is 0.357 e. The van der Waals surface area contributed by atoms with Gasteiger partial charge in [-0.3, -0.25) is 4.99 Å². The van der Waals surface area contributed by atoms with Gasteiger partial charge in [0.05, 0.1) is 5.75 Å². The maximum atomic E-state index is 11.2. The Morgan fingerprint density at radius 2 is 1.75 bits per heavy atom. The van der Waals surface area contributed by atoms with E-state index in [1.807, 2.05) is 13.8 Å². The van der Waals surface area contributed by atoms with E-state index in [2.05, 4.69) is 34.6 Å². The lowest BCUT2D eigenvalue weighted by atomic mass is 10.1. The molecule has 0 saturated heterocycles. The van der Waals surface area contributed by atoms with Crippen molar-refractivity contribution in [3.05, 3.63) is 0 Å². The highest BCUT2D eigenvalue weighted by Crippen LogP contribution is 2.03. The summed E-state index contributed by atoms with van der Waals surface area (Å²) in [6, 6.07) is 0.0866. The molecule has 0 bridgehead atoms. The summed E-state index contributed by atoms with van der Waals surface area (Å²) in [5.74, 6) is 0.985. The van der Waals surface area contributed by atoms with Crippen molar-refractivity contribution < 1.29 is 8.42 Å². The molecule has 0 amide bonds. The summed E-state index contributed by atoms with van der Waals surface area (Å²) in [5, 5.41) is 6.50. The molecule has 0 aromatic heterocycles. The van der Waals surface area contributed by atoms with E-state index in [9.17, 15) is 8.42 Å². The Morgan fingerprint density at radius 1 is 1.12 bits per heavy atom. The monoisotopic (exact) mass is 362 g/mol. The van der Waals surface area contributed by atoms with E-state index < -0.39 is 9.84 Å². The lowest BCUT2D eigenvalue weighted by molar-refractivity contribution is 0.390. The van der Waals surface area contributed by atoms with Crippen LogP contribution in [0.4, 0.5) is 0 Å². The van der Waals surface area contributed by atoms with Gasteiger partial charge in [-0.2, -0.15) is 0 Å². The van der Waals surface area contributed by atoms with Crippen molar-refractivity contribution >= 4 is 15.8 Å². The molecule has 0 fully saturated rings. The molecule has 1 atom stereocenters. The summed E-state index contributed by atoms with van der Waals surface area (Å²) in [4.78, 5) is 6.81. The number of guanidine groups is 1. The molecule has 0 aromatic rings. The maximum absolute atomic E-state index is 11.2. The van der Waals surface area contributed by atoms with E-state index in [0.717, 1.165) is 32.0 Å². The predicted molar refractivity (Wildman–Crippen MR) is 105 cm³/mol. The van der Waals surface area contributed by atoms with Crippen molar-refractivity contribution in [1.29, 1.82) is 0 Å². The van der Waals surface area contributed by atoms with Crippen LogP contribution in [-0.2, 0) is 9.84 Å². The van der Waals surface area contributed by atoms with Crippen molar-refractivity contribution in [3.8, 4) is 0 Å². The second kappa shape index (κ2) is 13.5. The average molecular weight is 363 g/mol. The molecule has 1 unspecified atom stereocenters. The van der Waals surface area contributed by atoms with Crippen molar-refractivity contribution in [1.82, 2.24) is 15.5 Å². The van der Waals surface area contributed by atoms with Gasteiger partial charge in [-0.05, 0) is 53.8 Å². The summed E-state index contributed by atoms with van der Waals surface area (Å²) in [5.41, 5.74) is 0. The Labute approximate surface area is 149 Å². The first-order valence-electron chi connectivity index (χ1n) is 9.12. The van der Waals surface area contributed by atoms with Gasteiger partial charge in [0.15, 0.2) is 5.96 Å². The van der Waals surface area contributed by atoms with Crippen molar-refractivity contribution in [2.45, 2.75) is 58.4 Å². The Bertz CT molecular complexity index is 436. The molecule has 0 spiro atoms. The zero-order valence-electron chi connectivity index (χ0n) is 16.3. The van der Waals surface area contributed by atoms with E-state index in [1.54, 1.807) is 0 Å². The van der Waals surface area contributed by atoms with E-state index in [4.69, 9.17) is 0 Å². The van der Waals surface area contributed by atoms with Gasteiger partial charge in [0.2, 0.25) is 0 Å². The first-order chi connectivity index (χ1) is 11.2. The normalized spacial score (nSPS) is 14.0. The Morgan fingerprint density at radius 3 is 2.33 bits per heavy atom. The Kier molecular flexibility index (Phi) is 13.0. The fourth-order valence-electron chi connectivity index (χ4n) is 2.28. The summed E-state index contributed by atoms with van der Waals surface area (Å²) in [7, 11) is 1.32. The number of nitrogens with zero attached hydrogens (tertiary/aromatic N) is 2. The average Bonchev–Trinajstić information content (AvgIpc) is 2.47. The van der Waals surface area contributed by atoms with Crippen molar-refractivity contribution in [3.63, 3.8) is 0 Å². The van der Waals surface area contributed by atoms with Gasteiger partial charge in [0.25, 0.3) is 0 Å². The number of rotatable bonds is 13. The molecular formula is C17H38N4O2S. The second-order valence-electron chi connectivity index (χ2n) is 6.80. The summed E-state index contributed by atoms with van der Waals surface area (Å²) in [6.07, 6.45) is 7.97. The third-order valence-corrected chi connectivity index (χ3v) is 4.66. The molecule has 144 valence electrons. The third kappa shape index (κ3) is 16.1. The van der Waals surface area contributed by atoms with Crippen LogP contribution in [-0.4, -0.2) is 71.1 Å². The maximum Gasteiger partial charge on any atom is 0.191 e. The number of nitrogens with one attached hydrogen (secondary N) is 2. The van der Waals surface area contributed by atoms with E-state index in [-0.39, 0.29) is 11.8 Å². The van der Waals surface area contributed by atoms with Gasteiger partial charge < -0.3 is 15.5 Å². The third-order valence-electron chi connectivity index (χ3n) is 3.68. The minimum absolute atomic E-state index is 0.0866. The van der Waals surface area contributed by atoms with Crippen molar-refractivity contribution in [2.24, 2.45) is 4.99 Å². The van der Waals surface area contributed by atoms with E-state index >= 15 is 0 Å². The molecule has 0 aliphatic carbocycles. The molecule has 0 heterocycles. The van der Waals surface area contributed by atoms with Gasteiger partial charge in [-0.1, -0.05) is 19.3 Å². The second-order valence-corrected chi connectivity index (χ2v) is 9.06. The fourth-order valence-corrected chi connectivity index (χ4v) is 3.06. The number of unbranched alkanes of at least 4 members (excludes halogenated alkanes) is 4. The van der Waals surface area contributed by atoms with Crippen LogP contribution in [0.5, 0.6) is 0 Å². The Balaban J connectivity index is 3.97. The molecule has 0 aliphatic rings. The smallest absolute Gasteiger partial charge is 0.191 e. The topological polar surface area (TPSA) is 73.8 Å². The molecule has 2 N–H and O–H groups in total.